The third-order valence-electron chi connectivity index (χ3n) is 1.95. The summed E-state index contributed by atoms with van der Waals surface area (Å²) in [7, 11) is 0. The van der Waals surface area contributed by atoms with Crippen molar-refractivity contribution in [2.75, 3.05) is 19.6 Å². The van der Waals surface area contributed by atoms with E-state index in [1.165, 1.54) is 0 Å². The molecule has 1 aliphatic rings. The van der Waals surface area contributed by atoms with Gasteiger partial charge in [-0.1, -0.05) is 0 Å². The first kappa shape index (κ1) is 10.6. The molecular formula is C9H17N2O2. The van der Waals surface area contributed by atoms with Crippen LogP contribution in [0.3, 0.4) is 0 Å². The molecule has 0 aromatic carbocycles. The maximum Gasteiger partial charge on any atom is 0.155 e. The van der Waals surface area contributed by atoms with Crippen molar-refractivity contribution in [3.8, 4) is 0 Å². The van der Waals surface area contributed by atoms with Crippen LogP contribution < -0.4 is 10.6 Å². The van der Waals surface area contributed by atoms with E-state index in [2.05, 4.69) is 10.6 Å². The van der Waals surface area contributed by atoms with E-state index >= 15 is 0 Å². The van der Waals surface area contributed by atoms with Crippen LogP contribution in [0.25, 0.3) is 0 Å². The number of carbonyl (C=O) groups is 1. The molecule has 0 saturated carbocycles. The van der Waals surface area contributed by atoms with Crippen molar-refractivity contribution in [2.24, 2.45) is 0 Å². The second kappa shape index (κ2) is 4.17. The van der Waals surface area contributed by atoms with Gasteiger partial charge in [-0.3, -0.25) is 4.79 Å². The van der Waals surface area contributed by atoms with Crippen LogP contribution in [0.4, 0.5) is 0 Å². The average Bonchev–Trinajstić information content (AvgIpc) is 2.03. The summed E-state index contributed by atoms with van der Waals surface area (Å²) in [6.07, 6.45) is 0.183. The molecular weight excluding hydrogens is 168 g/mol. The van der Waals surface area contributed by atoms with Gasteiger partial charge in [0.05, 0.1) is 11.6 Å². The summed E-state index contributed by atoms with van der Waals surface area (Å²) in [6, 6.07) is -0.250. The number of ketones is 1. The molecule has 1 fully saturated rings. The van der Waals surface area contributed by atoms with Crippen molar-refractivity contribution in [1.82, 2.24) is 10.6 Å². The van der Waals surface area contributed by atoms with Gasteiger partial charge in [-0.15, -0.1) is 0 Å². The lowest BCUT2D eigenvalue weighted by atomic mass is 9.97. The quantitative estimate of drug-likeness (QED) is 0.610. The van der Waals surface area contributed by atoms with Crippen LogP contribution >= 0.6 is 0 Å². The van der Waals surface area contributed by atoms with E-state index in [0.717, 1.165) is 6.54 Å². The Hall–Kier alpha value is -0.450. The van der Waals surface area contributed by atoms with Crippen molar-refractivity contribution in [1.29, 1.82) is 0 Å². The topological polar surface area (TPSA) is 63.4 Å². The zero-order chi connectivity index (χ0) is 9.90. The molecule has 1 aliphatic heterocycles. The minimum absolute atomic E-state index is 0.0275. The second-order valence-electron chi connectivity index (χ2n) is 4.08. The first-order valence-electron chi connectivity index (χ1n) is 4.61. The predicted octanol–water partition coefficient (Wildman–Crippen LogP) is -0.707. The summed E-state index contributed by atoms with van der Waals surface area (Å²) in [5.74, 6) is 0.0275. The van der Waals surface area contributed by atoms with E-state index < -0.39 is 5.60 Å². The summed E-state index contributed by atoms with van der Waals surface area (Å²) in [6.45, 7) is 5.45. The number of Topliss-reactive ketones (excluding diaryl/α,β-unsaturated/α-hetero) is 1. The molecule has 0 aliphatic carbocycles. The Morgan fingerprint density at radius 3 is 2.85 bits per heavy atom. The number of nitrogens with zero attached hydrogens (tertiary/aromatic N) is 1. The SMILES string of the molecule is CC(C)(O)CC(=O)C1CNCC[N]1. The lowest BCUT2D eigenvalue weighted by Gasteiger charge is -2.24. The Labute approximate surface area is 78.7 Å². The number of rotatable bonds is 3. The number of hydrogen-bond acceptors (Lipinski definition) is 3. The molecule has 0 spiro atoms. The number of nitrogens with one attached hydrogen (secondary N) is 1. The van der Waals surface area contributed by atoms with E-state index in [1.54, 1.807) is 13.8 Å². The molecule has 2 N–H and O–H groups in total. The maximum atomic E-state index is 11.5. The molecule has 1 radical (unpaired) electrons. The fraction of sp³-hybridized carbons (Fsp3) is 0.889. The van der Waals surface area contributed by atoms with Gasteiger partial charge in [-0.25, -0.2) is 5.32 Å². The van der Waals surface area contributed by atoms with Crippen LogP contribution in [0.5, 0.6) is 0 Å². The van der Waals surface area contributed by atoms with Crippen molar-refractivity contribution in [3.05, 3.63) is 0 Å². The Morgan fingerprint density at radius 2 is 2.38 bits per heavy atom. The fourth-order valence-electron chi connectivity index (χ4n) is 1.36. The first-order valence-corrected chi connectivity index (χ1v) is 4.61. The molecule has 4 heteroatoms. The highest BCUT2D eigenvalue weighted by atomic mass is 16.3. The lowest BCUT2D eigenvalue weighted by Crippen LogP contribution is -2.49. The summed E-state index contributed by atoms with van der Waals surface area (Å²) in [4.78, 5) is 11.5. The highest BCUT2D eigenvalue weighted by Gasteiger charge is 2.26. The molecule has 0 aromatic rings. The van der Waals surface area contributed by atoms with Crippen molar-refractivity contribution in [3.63, 3.8) is 0 Å². The standard InChI is InChI=1S/C9H17N2O2/c1-9(2,13)5-8(12)7-6-10-3-4-11-7/h7,10,13H,3-6H2,1-2H3. The van der Waals surface area contributed by atoms with Gasteiger partial charge in [0.1, 0.15) is 0 Å². The lowest BCUT2D eigenvalue weighted by molar-refractivity contribution is -0.125. The van der Waals surface area contributed by atoms with E-state index in [4.69, 9.17) is 0 Å². The predicted molar refractivity (Wildman–Crippen MR) is 49.6 cm³/mol. The van der Waals surface area contributed by atoms with E-state index in [1.807, 2.05) is 0 Å². The molecule has 1 unspecified atom stereocenters. The molecule has 1 rings (SSSR count). The van der Waals surface area contributed by atoms with Crippen LogP contribution in [0.2, 0.25) is 0 Å². The summed E-state index contributed by atoms with van der Waals surface area (Å²) in [5.41, 5.74) is -0.913. The van der Waals surface area contributed by atoms with Gasteiger partial charge in [-0.05, 0) is 13.8 Å². The van der Waals surface area contributed by atoms with Crippen LogP contribution in [0, 0.1) is 0 Å². The van der Waals surface area contributed by atoms with Gasteiger partial charge in [-0.2, -0.15) is 0 Å². The molecule has 0 bridgehead atoms. The van der Waals surface area contributed by atoms with E-state index in [0.29, 0.717) is 13.1 Å². The van der Waals surface area contributed by atoms with Gasteiger partial charge in [0.15, 0.2) is 5.78 Å². The number of hydrogen-bond donors (Lipinski definition) is 2. The van der Waals surface area contributed by atoms with Crippen LogP contribution in [0.1, 0.15) is 20.3 Å². The van der Waals surface area contributed by atoms with Crippen molar-refractivity contribution < 1.29 is 9.90 Å². The number of carbonyl (C=O) groups excluding carboxylic acids is 1. The van der Waals surface area contributed by atoms with Crippen LogP contribution in [0.15, 0.2) is 0 Å². The van der Waals surface area contributed by atoms with Gasteiger partial charge in [0.25, 0.3) is 0 Å². The van der Waals surface area contributed by atoms with Gasteiger partial charge >= 0.3 is 0 Å². The summed E-state index contributed by atoms with van der Waals surface area (Å²) >= 11 is 0. The molecule has 13 heavy (non-hydrogen) atoms. The molecule has 75 valence electrons. The minimum atomic E-state index is -0.913. The smallest absolute Gasteiger partial charge is 0.155 e. The molecule has 4 nitrogen and oxygen atoms in total. The molecule has 0 amide bonds. The summed E-state index contributed by atoms with van der Waals surface area (Å²) in [5, 5.41) is 16.7. The summed E-state index contributed by atoms with van der Waals surface area (Å²) < 4.78 is 0. The van der Waals surface area contributed by atoms with Gasteiger partial charge in [0.2, 0.25) is 0 Å². The largest absolute Gasteiger partial charge is 0.390 e. The highest BCUT2D eigenvalue weighted by Crippen LogP contribution is 2.10. The van der Waals surface area contributed by atoms with E-state index in [9.17, 15) is 9.90 Å². The third-order valence-corrected chi connectivity index (χ3v) is 1.95. The van der Waals surface area contributed by atoms with E-state index in [-0.39, 0.29) is 18.2 Å². The minimum Gasteiger partial charge on any atom is -0.390 e. The van der Waals surface area contributed by atoms with Crippen LogP contribution in [-0.2, 0) is 4.79 Å². The van der Waals surface area contributed by atoms with Crippen molar-refractivity contribution >= 4 is 5.78 Å². The maximum absolute atomic E-state index is 11.5. The Kier molecular flexibility index (Phi) is 3.41. The van der Waals surface area contributed by atoms with Crippen molar-refractivity contribution in [2.45, 2.75) is 31.9 Å². The number of aliphatic hydroxyl groups is 1. The fourth-order valence-corrected chi connectivity index (χ4v) is 1.36. The molecule has 1 atom stereocenters. The Bertz CT molecular complexity index is 181. The average molecular weight is 185 g/mol. The van der Waals surface area contributed by atoms with Gasteiger partial charge < -0.3 is 10.4 Å². The second-order valence-corrected chi connectivity index (χ2v) is 4.08. The normalized spacial score (nSPS) is 24.4. The third kappa shape index (κ3) is 3.85. The molecule has 1 heterocycles. The first-order chi connectivity index (χ1) is 5.99. The monoisotopic (exact) mass is 185 g/mol. The zero-order valence-corrected chi connectivity index (χ0v) is 8.21. The zero-order valence-electron chi connectivity index (χ0n) is 8.21. The number of piperazine rings is 1. The van der Waals surface area contributed by atoms with Crippen LogP contribution in [-0.4, -0.2) is 42.2 Å². The Balaban J connectivity index is 2.38. The molecule has 1 saturated heterocycles. The highest BCUT2D eigenvalue weighted by molar-refractivity contribution is 5.85. The molecule has 0 aromatic heterocycles. The Morgan fingerprint density at radius 1 is 1.69 bits per heavy atom. The van der Waals surface area contributed by atoms with Gasteiger partial charge in [0, 0.05) is 26.1 Å².